The fourth-order valence-electron chi connectivity index (χ4n) is 2.81. The summed E-state index contributed by atoms with van der Waals surface area (Å²) in [6.45, 7) is 3.20. The molecule has 8 nitrogen and oxygen atoms in total. The molecule has 1 aromatic rings. The second-order valence-corrected chi connectivity index (χ2v) is 9.86. The second kappa shape index (κ2) is 7.90. The highest BCUT2D eigenvalue weighted by Gasteiger charge is 2.34. The molecule has 2 rings (SSSR count). The molecule has 1 atom stereocenters. The van der Waals surface area contributed by atoms with Crippen LogP contribution in [0.2, 0.25) is 0 Å². The maximum Gasteiger partial charge on any atom is 0.246 e. The van der Waals surface area contributed by atoms with Gasteiger partial charge in [-0.15, -0.1) is 0 Å². The molecule has 1 aliphatic rings. The zero-order chi connectivity index (χ0) is 18.7. The summed E-state index contributed by atoms with van der Waals surface area (Å²) in [5.74, 6) is 0.325. The molecule has 0 radical (unpaired) electrons. The molecule has 1 fully saturated rings. The van der Waals surface area contributed by atoms with Gasteiger partial charge in [-0.1, -0.05) is 0 Å². The Balaban J connectivity index is 2.29. The van der Waals surface area contributed by atoms with E-state index >= 15 is 0 Å². The van der Waals surface area contributed by atoms with Crippen LogP contribution in [0.15, 0.2) is 23.1 Å². The first-order valence-corrected chi connectivity index (χ1v) is 11.2. The predicted octanol–water partition coefficient (Wildman–Crippen LogP) is 0.687. The maximum absolute atomic E-state index is 12.9. The first-order valence-electron chi connectivity index (χ1n) is 8.06. The highest BCUT2D eigenvalue weighted by molar-refractivity contribution is 7.92. The zero-order valence-electron chi connectivity index (χ0n) is 14.6. The smallest absolute Gasteiger partial charge is 0.246 e. The fraction of sp³-hybridized carbons (Fsp3) is 0.600. The number of rotatable bonds is 8. The molecule has 1 heterocycles. The average molecular weight is 392 g/mol. The van der Waals surface area contributed by atoms with Gasteiger partial charge in [0.1, 0.15) is 10.6 Å². The number of methoxy groups -OCH3 is 1. The van der Waals surface area contributed by atoms with E-state index in [-0.39, 0.29) is 28.0 Å². The van der Waals surface area contributed by atoms with E-state index < -0.39 is 20.0 Å². The molecule has 1 aromatic carbocycles. The van der Waals surface area contributed by atoms with Crippen molar-refractivity contribution in [3.05, 3.63) is 18.2 Å². The van der Waals surface area contributed by atoms with Crippen LogP contribution in [0.1, 0.15) is 13.3 Å². The predicted molar refractivity (Wildman–Crippen MR) is 96.9 cm³/mol. The summed E-state index contributed by atoms with van der Waals surface area (Å²) >= 11 is 0. The summed E-state index contributed by atoms with van der Waals surface area (Å²) in [7, 11) is -3.94. The molecular formula is C15H25N3O5S2. The minimum Gasteiger partial charge on any atom is -0.495 e. The Kier molecular flexibility index (Phi) is 6.30. The molecule has 1 unspecified atom stereocenters. The van der Waals surface area contributed by atoms with Gasteiger partial charge >= 0.3 is 0 Å². The quantitative estimate of drug-likeness (QED) is 0.675. The van der Waals surface area contributed by atoms with E-state index in [1.165, 1.54) is 36.5 Å². The lowest BCUT2D eigenvalue weighted by Crippen LogP contribution is -2.30. The molecule has 0 amide bonds. The maximum atomic E-state index is 12.9. The minimum atomic E-state index is -3.70. The van der Waals surface area contributed by atoms with Crippen molar-refractivity contribution in [2.24, 2.45) is 5.92 Å². The van der Waals surface area contributed by atoms with Gasteiger partial charge in [-0.25, -0.2) is 16.8 Å². The van der Waals surface area contributed by atoms with Crippen molar-refractivity contribution in [3.63, 3.8) is 0 Å². The van der Waals surface area contributed by atoms with Gasteiger partial charge in [0.05, 0.1) is 18.6 Å². The summed E-state index contributed by atoms with van der Waals surface area (Å²) in [5, 5.41) is 3.07. The highest BCUT2D eigenvalue weighted by atomic mass is 32.2. The van der Waals surface area contributed by atoms with Crippen molar-refractivity contribution in [1.29, 1.82) is 0 Å². The van der Waals surface area contributed by atoms with Gasteiger partial charge in [0.15, 0.2) is 0 Å². The van der Waals surface area contributed by atoms with Crippen LogP contribution in [0, 0.1) is 5.92 Å². The van der Waals surface area contributed by atoms with Crippen molar-refractivity contribution in [2.45, 2.75) is 18.2 Å². The van der Waals surface area contributed by atoms with Crippen molar-refractivity contribution in [3.8, 4) is 5.75 Å². The van der Waals surface area contributed by atoms with Crippen LogP contribution < -0.4 is 14.8 Å². The Bertz CT molecular complexity index is 808. The number of nitrogens with one attached hydrogen (secondary N) is 2. The highest BCUT2D eigenvalue weighted by Crippen LogP contribution is 2.32. The molecule has 2 N–H and O–H groups in total. The first-order chi connectivity index (χ1) is 11.7. The molecule has 0 aliphatic carbocycles. The topological polar surface area (TPSA) is 105 Å². The number of hydrogen-bond acceptors (Lipinski definition) is 6. The molecule has 0 saturated carbocycles. The van der Waals surface area contributed by atoms with Crippen LogP contribution in [0.25, 0.3) is 0 Å². The number of anilines is 1. The average Bonchev–Trinajstić information content (AvgIpc) is 3.04. The Morgan fingerprint density at radius 3 is 2.60 bits per heavy atom. The number of nitrogens with zero attached hydrogens (tertiary/aromatic N) is 1. The zero-order valence-corrected chi connectivity index (χ0v) is 16.3. The molecular weight excluding hydrogens is 366 g/mol. The van der Waals surface area contributed by atoms with Crippen LogP contribution in [0.5, 0.6) is 5.75 Å². The summed E-state index contributed by atoms with van der Waals surface area (Å²) < 4.78 is 58.2. The van der Waals surface area contributed by atoms with Crippen LogP contribution in [0.3, 0.4) is 0 Å². The lowest BCUT2D eigenvalue weighted by atomic mass is 10.1. The summed E-state index contributed by atoms with van der Waals surface area (Å²) in [6.07, 6.45) is 0.802. The Labute approximate surface area is 149 Å². The van der Waals surface area contributed by atoms with E-state index in [4.69, 9.17) is 4.74 Å². The van der Waals surface area contributed by atoms with E-state index in [2.05, 4.69) is 10.0 Å². The van der Waals surface area contributed by atoms with Gasteiger partial charge in [0.2, 0.25) is 20.0 Å². The van der Waals surface area contributed by atoms with E-state index in [0.29, 0.717) is 13.1 Å². The van der Waals surface area contributed by atoms with Crippen molar-refractivity contribution >= 4 is 25.7 Å². The number of benzene rings is 1. The van der Waals surface area contributed by atoms with Gasteiger partial charge in [-0.3, -0.25) is 4.72 Å². The number of hydrogen-bond donors (Lipinski definition) is 2. The summed E-state index contributed by atoms with van der Waals surface area (Å²) in [5.41, 5.74) is 0.270. The van der Waals surface area contributed by atoms with E-state index in [1.807, 2.05) is 7.05 Å². The standard InChI is InChI=1S/C15H25N3O5S2/c1-4-24(19,20)17-13-5-6-15(14(9-13)23-3)25(21,22)18-8-7-12(11-18)10-16-2/h5-6,9,12,16-17H,4,7-8,10-11H2,1-3H3. The van der Waals surface area contributed by atoms with Crippen LogP contribution in [-0.4, -0.2) is 60.7 Å². The van der Waals surface area contributed by atoms with E-state index in [1.54, 1.807) is 0 Å². The van der Waals surface area contributed by atoms with E-state index in [9.17, 15) is 16.8 Å². The largest absolute Gasteiger partial charge is 0.495 e. The monoisotopic (exact) mass is 391 g/mol. The lowest BCUT2D eigenvalue weighted by Gasteiger charge is -2.19. The molecule has 0 bridgehead atoms. The molecule has 25 heavy (non-hydrogen) atoms. The summed E-state index contributed by atoms with van der Waals surface area (Å²) in [4.78, 5) is 0.0413. The minimum absolute atomic E-state index is 0.0413. The lowest BCUT2D eigenvalue weighted by molar-refractivity contribution is 0.397. The second-order valence-electron chi connectivity index (χ2n) is 5.95. The van der Waals surface area contributed by atoms with Crippen LogP contribution in [0.4, 0.5) is 5.69 Å². The van der Waals surface area contributed by atoms with Gasteiger partial charge in [-0.2, -0.15) is 4.31 Å². The van der Waals surface area contributed by atoms with E-state index in [0.717, 1.165) is 13.0 Å². The van der Waals surface area contributed by atoms with Gasteiger partial charge < -0.3 is 10.1 Å². The third kappa shape index (κ3) is 4.63. The third-order valence-electron chi connectivity index (χ3n) is 4.18. The summed E-state index contributed by atoms with van der Waals surface area (Å²) in [6, 6.07) is 4.21. The van der Waals surface area contributed by atoms with Gasteiger partial charge in [0.25, 0.3) is 0 Å². The van der Waals surface area contributed by atoms with Gasteiger partial charge in [0, 0.05) is 19.2 Å². The van der Waals surface area contributed by atoms with Crippen LogP contribution >= 0.6 is 0 Å². The Hall–Kier alpha value is -1.36. The fourth-order valence-corrected chi connectivity index (χ4v) is 5.10. The Morgan fingerprint density at radius 2 is 2.00 bits per heavy atom. The van der Waals surface area contributed by atoms with Crippen molar-refractivity contribution < 1.29 is 21.6 Å². The molecule has 1 saturated heterocycles. The first kappa shape index (κ1) is 20.0. The number of ether oxygens (including phenoxy) is 1. The molecule has 0 aromatic heterocycles. The Morgan fingerprint density at radius 1 is 1.28 bits per heavy atom. The van der Waals surface area contributed by atoms with Gasteiger partial charge in [-0.05, 0) is 45.0 Å². The van der Waals surface area contributed by atoms with Crippen molar-refractivity contribution in [1.82, 2.24) is 9.62 Å². The molecule has 142 valence electrons. The van der Waals surface area contributed by atoms with Crippen molar-refractivity contribution in [2.75, 3.05) is 44.3 Å². The molecule has 10 heteroatoms. The normalized spacial score (nSPS) is 19.1. The SMILES string of the molecule is CCS(=O)(=O)Nc1ccc(S(=O)(=O)N2CCC(CNC)C2)c(OC)c1. The molecule has 0 spiro atoms. The van der Waals surface area contributed by atoms with Crippen LogP contribution in [-0.2, 0) is 20.0 Å². The number of sulfonamides is 2. The third-order valence-corrected chi connectivity index (χ3v) is 7.39. The molecule has 1 aliphatic heterocycles.